The van der Waals surface area contributed by atoms with E-state index in [1.807, 2.05) is 10.8 Å². The summed E-state index contributed by atoms with van der Waals surface area (Å²) in [6.07, 6.45) is 6.23. The zero-order chi connectivity index (χ0) is 13.0. The first-order valence-corrected chi connectivity index (χ1v) is 6.55. The molecule has 1 aromatic heterocycles. The second kappa shape index (κ2) is 5.63. The van der Waals surface area contributed by atoms with Crippen LogP contribution >= 0.6 is 0 Å². The number of hydrogen-bond acceptors (Lipinski definition) is 4. The van der Waals surface area contributed by atoms with E-state index in [-0.39, 0.29) is 5.78 Å². The van der Waals surface area contributed by atoms with Crippen molar-refractivity contribution in [3.63, 3.8) is 0 Å². The number of nitrogens with two attached hydrogens (primary N) is 1. The van der Waals surface area contributed by atoms with Gasteiger partial charge in [-0.1, -0.05) is 6.92 Å². The molecule has 0 aromatic carbocycles. The van der Waals surface area contributed by atoms with E-state index < -0.39 is 5.54 Å². The predicted octanol–water partition coefficient (Wildman–Crippen LogP) is 0.913. The van der Waals surface area contributed by atoms with Crippen LogP contribution in [0.3, 0.4) is 0 Å². The van der Waals surface area contributed by atoms with Gasteiger partial charge in [0.2, 0.25) is 0 Å². The molecule has 1 aliphatic heterocycles. The van der Waals surface area contributed by atoms with E-state index in [4.69, 9.17) is 10.5 Å². The van der Waals surface area contributed by atoms with Crippen LogP contribution < -0.4 is 5.73 Å². The number of aromatic nitrogens is 2. The number of carbonyl (C=O) groups is 1. The summed E-state index contributed by atoms with van der Waals surface area (Å²) >= 11 is 0. The van der Waals surface area contributed by atoms with Crippen LogP contribution in [-0.4, -0.2) is 34.1 Å². The fraction of sp³-hybridized carbons (Fsp3) is 0.692. The Labute approximate surface area is 107 Å². The third-order valence-corrected chi connectivity index (χ3v) is 3.53. The Morgan fingerprint density at radius 3 is 2.94 bits per heavy atom. The molecule has 2 N–H and O–H groups in total. The highest BCUT2D eigenvalue weighted by Gasteiger charge is 2.35. The zero-order valence-corrected chi connectivity index (χ0v) is 10.9. The van der Waals surface area contributed by atoms with Gasteiger partial charge in [-0.3, -0.25) is 4.79 Å². The van der Waals surface area contributed by atoms with Crippen molar-refractivity contribution in [2.45, 2.75) is 44.7 Å². The normalized spacial score (nSPS) is 18.8. The maximum Gasteiger partial charge on any atom is 0.160 e. The van der Waals surface area contributed by atoms with Gasteiger partial charge in [-0.25, -0.2) is 4.98 Å². The van der Waals surface area contributed by atoms with E-state index in [0.717, 1.165) is 18.8 Å². The summed E-state index contributed by atoms with van der Waals surface area (Å²) in [5, 5.41) is 0. The molecule has 0 aliphatic carbocycles. The number of Topliss-reactive ketones (excluding diaryl/α,β-unsaturated/α-hetero) is 1. The lowest BCUT2D eigenvalue weighted by Gasteiger charge is -2.31. The Morgan fingerprint density at radius 1 is 1.56 bits per heavy atom. The van der Waals surface area contributed by atoms with Gasteiger partial charge < -0.3 is 15.0 Å². The number of nitrogens with zero attached hydrogens (tertiary/aromatic N) is 2. The van der Waals surface area contributed by atoms with Gasteiger partial charge in [-0.15, -0.1) is 0 Å². The minimum absolute atomic E-state index is 0.0781. The summed E-state index contributed by atoms with van der Waals surface area (Å²) in [5.74, 6) is 0.896. The third-order valence-electron chi connectivity index (χ3n) is 3.53. The topological polar surface area (TPSA) is 70.1 Å². The van der Waals surface area contributed by atoms with E-state index >= 15 is 0 Å². The second-order valence-corrected chi connectivity index (χ2v) is 4.91. The maximum absolute atomic E-state index is 12.3. The molecule has 0 atom stereocenters. The molecular weight excluding hydrogens is 230 g/mol. The third kappa shape index (κ3) is 2.79. The van der Waals surface area contributed by atoms with E-state index in [0.29, 0.717) is 32.5 Å². The van der Waals surface area contributed by atoms with Crippen molar-refractivity contribution >= 4 is 5.78 Å². The molecule has 18 heavy (non-hydrogen) atoms. The summed E-state index contributed by atoms with van der Waals surface area (Å²) in [5.41, 5.74) is 5.46. The van der Waals surface area contributed by atoms with Crippen molar-refractivity contribution in [2.75, 3.05) is 13.2 Å². The van der Waals surface area contributed by atoms with Crippen LogP contribution in [0.1, 0.15) is 32.0 Å². The molecule has 100 valence electrons. The Hall–Kier alpha value is -1.20. The molecule has 5 nitrogen and oxygen atoms in total. The van der Waals surface area contributed by atoms with Gasteiger partial charge in [0.25, 0.3) is 0 Å². The summed E-state index contributed by atoms with van der Waals surface area (Å²) in [7, 11) is 0. The van der Waals surface area contributed by atoms with E-state index in [9.17, 15) is 4.79 Å². The molecule has 0 amide bonds. The summed E-state index contributed by atoms with van der Waals surface area (Å²) in [4.78, 5) is 16.6. The second-order valence-electron chi connectivity index (χ2n) is 4.91. The molecule has 1 saturated heterocycles. The minimum atomic E-state index is -0.721. The molecule has 0 bridgehead atoms. The first-order valence-electron chi connectivity index (χ1n) is 6.55. The standard InChI is InChI=1S/C13H21N3O2/c1-2-6-16-7-5-15-12(16)10-11(17)13(14)3-8-18-9-4-13/h5,7H,2-4,6,8-10,14H2,1H3. The molecule has 0 spiro atoms. The summed E-state index contributed by atoms with van der Waals surface area (Å²) in [6, 6.07) is 0. The van der Waals surface area contributed by atoms with Crippen molar-refractivity contribution < 1.29 is 9.53 Å². The van der Waals surface area contributed by atoms with Gasteiger partial charge in [0, 0.05) is 32.2 Å². The highest BCUT2D eigenvalue weighted by molar-refractivity contribution is 5.89. The van der Waals surface area contributed by atoms with Crippen molar-refractivity contribution in [1.29, 1.82) is 0 Å². The summed E-state index contributed by atoms with van der Waals surface area (Å²) < 4.78 is 7.29. The van der Waals surface area contributed by atoms with E-state index in [2.05, 4.69) is 11.9 Å². The Balaban J connectivity index is 2.03. The van der Waals surface area contributed by atoms with Crippen LogP contribution in [0.4, 0.5) is 0 Å². The van der Waals surface area contributed by atoms with Crippen LogP contribution in [-0.2, 0) is 22.5 Å². The van der Waals surface area contributed by atoms with Gasteiger partial charge in [0.15, 0.2) is 5.78 Å². The average molecular weight is 251 g/mol. The van der Waals surface area contributed by atoms with Crippen molar-refractivity contribution in [1.82, 2.24) is 9.55 Å². The predicted molar refractivity (Wildman–Crippen MR) is 68.2 cm³/mol. The molecule has 0 radical (unpaired) electrons. The van der Waals surface area contributed by atoms with Crippen LogP contribution in [0.5, 0.6) is 0 Å². The van der Waals surface area contributed by atoms with Crippen LogP contribution in [0.2, 0.25) is 0 Å². The van der Waals surface area contributed by atoms with Gasteiger partial charge in [-0.05, 0) is 19.3 Å². The molecule has 2 heterocycles. The molecule has 1 aliphatic rings. The molecule has 5 heteroatoms. The lowest BCUT2D eigenvalue weighted by molar-refractivity contribution is -0.127. The molecule has 0 unspecified atom stereocenters. The van der Waals surface area contributed by atoms with Crippen LogP contribution in [0.25, 0.3) is 0 Å². The van der Waals surface area contributed by atoms with Gasteiger partial charge in [-0.2, -0.15) is 0 Å². The average Bonchev–Trinajstić information content (AvgIpc) is 2.78. The van der Waals surface area contributed by atoms with Crippen LogP contribution in [0.15, 0.2) is 12.4 Å². The zero-order valence-electron chi connectivity index (χ0n) is 10.9. The number of rotatable bonds is 5. The first kappa shape index (κ1) is 13.2. The number of hydrogen-bond donors (Lipinski definition) is 1. The quantitative estimate of drug-likeness (QED) is 0.844. The van der Waals surface area contributed by atoms with Gasteiger partial charge in [0.05, 0.1) is 12.0 Å². The smallest absolute Gasteiger partial charge is 0.160 e. The van der Waals surface area contributed by atoms with E-state index in [1.54, 1.807) is 6.20 Å². The molecule has 2 rings (SSSR count). The number of aryl methyl sites for hydroxylation is 1. The first-order chi connectivity index (χ1) is 8.65. The van der Waals surface area contributed by atoms with Gasteiger partial charge in [0.1, 0.15) is 5.82 Å². The molecular formula is C13H21N3O2. The Bertz CT molecular complexity index is 408. The molecule has 1 fully saturated rings. The summed E-state index contributed by atoms with van der Waals surface area (Å²) in [6.45, 7) is 4.15. The highest BCUT2D eigenvalue weighted by Crippen LogP contribution is 2.20. The SMILES string of the molecule is CCCn1ccnc1CC(=O)C1(N)CCOCC1. The molecule has 0 saturated carbocycles. The fourth-order valence-corrected chi connectivity index (χ4v) is 2.29. The van der Waals surface area contributed by atoms with E-state index in [1.165, 1.54) is 0 Å². The van der Waals surface area contributed by atoms with Crippen molar-refractivity contribution in [3.8, 4) is 0 Å². The number of ketones is 1. The van der Waals surface area contributed by atoms with Crippen molar-refractivity contribution in [3.05, 3.63) is 18.2 Å². The highest BCUT2D eigenvalue weighted by atomic mass is 16.5. The lowest BCUT2D eigenvalue weighted by atomic mass is 9.85. The Kier molecular flexibility index (Phi) is 4.14. The van der Waals surface area contributed by atoms with Crippen LogP contribution in [0, 0.1) is 0 Å². The number of carbonyl (C=O) groups excluding carboxylic acids is 1. The lowest BCUT2D eigenvalue weighted by Crippen LogP contribution is -2.52. The molecule has 1 aromatic rings. The van der Waals surface area contributed by atoms with Gasteiger partial charge >= 0.3 is 0 Å². The Morgan fingerprint density at radius 2 is 2.28 bits per heavy atom. The minimum Gasteiger partial charge on any atom is -0.381 e. The fourth-order valence-electron chi connectivity index (χ4n) is 2.29. The monoisotopic (exact) mass is 251 g/mol. The maximum atomic E-state index is 12.3. The number of imidazole rings is 1. The number of ether oxygens (including phenoxy) is 1. The largest absolute Gasteiger partial charge is 0.381 e. The van der Waals surface area contributed by atoms with Crippen molar-refractivity contribution in [2.24, 2.45) is 5.73 Å².